The lowest BCUT2D eigenvalue weighted by atomic mass is 10.0. The molecular weight excluding hydrogens is 548 g/mol. The van der Waals surface area contributed by atoms with Gasteiger partial charge in [-0.3, -0.25) is 9.69 Å². The van der Waals surface area contributed by atoms with Gasteiger partial charge in [0.05, 0.1) is 31.6 Å². The molecule has 0 aliphatic carbocycles. The minimum absolute atomic E-state index is 0.00871. The number of ether oxygens (including phenoxy) is 4. The van der Waals surface area contributed by atoms with Crippen LogP contribution < -0.4 is 24.8 Å². The lowest BCUT2D eigenvalue weighted by Gasteiger charge is -2.36. The lowest BCUT2D eigenvalue weighted by Crippen LogP contribution is -2.46. The summed E-state index contributed by atoms with van der Waals surface area (Å²) in [5.41, 5.74) is 2.41. The highest BCUT2D eigenvalue weighted by Gasteiger charge is 2.29. The lowest BCUT2D eigenvalue weighted by molar-refractivity contribution is 0.00910. The number of likely N-dealkylation sites (N-methyl/N-ethyl adjacent to an activating group) is 1. The van der Waals surface area contributed by atoms with Crippen LogP contribution in [0.5, 0.6) is 17.2 Å². The third-order valence-electron chi connectivity index (χ3n) is 7.75. The van der Waals surface area contributed by atoms with Crippen LogP contribution in [-0.4, -0.2) is 82.0 Å². The molecule has 1 heterocycles. The average Bonchev–Trinajstić information content (AvgIpc) is 3.01. The molecule has 0 saturated heterocycles. The molecule has 1 aliphatic rings. The van der Waals surface area contributed by atoms with Gasteiger partial charge in [0.2, 0.25) is 0 Å². The molecule has 0 aromatic heterocycles. The van der Waals surface area contributed by atoms with Crippen molar-refractivity contribution in [3.8, 4) is 17.2 Å². The van der Waals surface area contributed by atoms with Gasteiger partial charge >= 0.3 is 6.03 Å². The Morgan fingerprint density at radius 1 is 0.930 bits per heavy atom. The van der Waals surface area contributed by atoms with E-state index >= 15 is 0 Å². The number of benzene rings is 3. The van der Waals surface area contributed by atoms with Crippen molar-refractivity contribution < 1.29 is 28.5 Å². The molecule has 230 valence electrons. The molecule has 43 heavy (non-hydrogen) atoms. The summed E-state index contributed by atoms with van der Waals surface area (Å²) in [5.74, 6) is 1.71. The molecule has 3 amide bonds. The smallest absolute Gasteiger partial charge is 0.323 e. The van der Waals surface area contributed by atoms with Crippen molar-refractivity contribution in [2.45, 2.75) is 32.5 Å². The number of para-hydroxylation sites is 3. The molecule has 0 unspecified atom stereocenters. The van der Waals surface area contributed by atoms with Crippen molar-refractivity contribution >= 4 is 23.3 Å². The summed E-state index contributed by atoms with van der Waals surface area (Å²) in [7, 11) is 6.65. The van der Waals surface area contributed by atoms with Gasteiger partial charge in [-0.05, 0) is 49.2 Å². The fourth-order valence-corrected chi connectivity index (χ4v) is 5.23. The minimum Gasteiger partial charge on any atom is -0.496 e. The molecule has 4 rings (SSSR count). The predicted molar refractivity (Wildman–Crippen MR) is 167 cm³/mol. The number of amides is 3. The molecule has 0 saturated carbocycles. The maximum atomic E-state index is 13.7. The maximum Gasteiger partial charge on any atom is 0.323 e. The van der Waals surface area contributed by atoms with Crippen LogP contribution >= 0.6 is 0 Å². The van der Waals surface area contributed by atoms with Gasteiger partial charge in [0.1, 0.15) is 23.9 Å². The van der Waals surface area contributed by atoms with E-state index in [0.717, 1.165) is 17.9 Å². The minimum atomic E-state index is -0.465. The Bertz CT molecular complexity index is 1400. The van der Waals surface area contributed by atoms with Crippen molar-refractivity contribution in [1.29, 1.82) is 0 Å². The quantitative estimate of drug-likeness (QED) is 0.382. The van der Waals surface area contributed by atoms with Gasteiger partial charge in [0.15, 0.2) is 0 Å². The number of nitrogens with one attached hydrogen (secondary N) is 2. The zero-order valence-corrected chi connectivity index (χ0v) is 25.8. The van der Waals surface area contributed by atoms with Crippen molar-refractivity contribution in [2.75, 3.05) is 58.7 Å². The standard InChI is InChI=1S/C33H42N4O6/c1-22-18-37(19-24-11-7-9-13-28(24)40-4)23(2)21-43-29-16-15-25(17-26(29)32(38)36(3)20-31(22)42-6)34-33(39)35-27-12-8-10-14-30(27)41-5/h7-17,22-23,31H,18-21H2,1-6H3,(H2,34,35,39)/t22-,23-,31-/m1/s1. The highest BCUT2D eigenvalue weighted by atomic mass is 16.5. The summed E-state index contributed by atoms with van der Waals surface area (Å²) < 4.78 is 23.1. The number of methoxy groups -OCH3 is 3. The van der Waals surface area contributed by atoms with Crippen LogP contribution in [0.25, 0.3) is 0 Å². The second-order valence-electron chi connectivity index (χ2n) is 10.8. The van der Waals surface area contributed by atoms with Gasteiger partial charge in [-0.1, -0.05) is 37.3 Å². The molecule has 0 bridgehead atoms. The van der Waals surface area contributed by atoms with Gasteiger partial charge in [0.25, 0.3) is 5.91 Å². The SMILES string of the molecule is COc1ccccc1CN1C[C@@H](C)[C@H](OC)CN(C)C(=O)c2cc(NC(=O)Nc3ccccc3OC)ccc2OC[C@H]1C. The summed E-state index contributed by atoms with van der Waals surface area (Å²) in [6, 6.07) is 19.8. The number of carbonyl (C=O) groups is 2. The largest absolute Gasteiger partial charge is 0.496 e. The molecule has 0 radical (unpaired) electrons. The van der Waals surface area contributed by atoms with Crippen LogP contribution in [0.4, 0.5) is 16.2 Å². The number of rotatable bonds is 7. The number of nitrogens with zero attached hydrogens (tertiary/aromatic N) is 2. The first-order valence-electron chi connectivity index (χ1n) is 14.4. The van der Waals surface area contributed by atoms with E-state index < -0.39 is 6.03 Å². The Morgan fingerprint density at radius 3 is 2.35 bits per heavy atom. The van der Waals surface area contributed by atoms with Crippen LogP contribution in [0.15, 0.2) is 66.7 Å². The van der Waals surface area contributed by atoms with Crippen LogP contribution in [0.3, 0.4) is 0 Å². The third-order valence-corrected chi connectivity index (χ3v) is 7.75. The van der Waals surface area contributed by atoms with Crippen molar-refractivity contribution in [3.63, 3.8) is 0 Å². The number of anilines is 2. The fourth-order valence-electron chi connectivity index (χ4n) is 5.23. The molecule has 10 nitrogen and oxygen atoms in total. The average molecular weight is 591 g/mol. The van der Waals surface area contributed by atoms with Gasteiger partial charge in [0, 0.05) is 51.1 Å². The fraction of sp³-hybridized carbons (Fsp3) is 0.394. The van der Waals surface area contributed by atoms with Crippen LogP contribution in [0.2, 0.25) is 0 Å². The first-order valence-corrected chi connectivity index (χ1v) is 14.4. The van der Waals surface area contributed by atoms with E-state index in [9.17, 15) is 9.59 Å². The van der Waals surface area contributed by atoms with Gasteiger partial charge in [-0.2, -0.15) is 0 Å². The Labute approximate surface area is 253 Å². The number of fused-ring (bicyclic) bond motifs is 1. The number of carbonyl (C=O) groups excluding carboxylic acids is 2. The van der Waals surface area contributed by atoms with E-state index in [1.165, 1.54) is 7.11 Å². The van der Waals surface area contributed by atoms with Crippen LogP contribution in [-0.2, 0) is 11.3 Å². The molecule has 0 fully saturated rings. The summed E-state index contributed by atoms with van der Waals surface area (Å²) >= 11 is 0. The number of hydrogen-bond donors (Lipinski definition) is 2. The Kier molecular flexibility index (Phi) is 10.9. The van der Waals surface area contributed by atoms with Crippen LogP contribution in [0.1, 0.15) is 29.8 Å². The van der Waals surface area contributed by atoms with E-state index in [2.05, 4.69) is 35.4 Å². The predicted octanol–water partition coefficient (Wildman–Crippen LogP) is 5.35. The second kappa shape index (κ2) is 14.8. The number of hydrogen-bond acceptors (Lipinski definition) is 7. The van der Waals surface area contributed by atoms with E-state index in [1.807, 2.05) is 24.3 Å². The third kappa shape index (κ3) is 7.97. The molecule has 1 aliphatic heterocycles. The summed E-state index contributed by atoms with van der Waals surface area (Å²) in [4.78, 5) is 30.5. The molecule has 3 atom stereocenters. The topological polar surface area (TPSA) is 102 Å². The summed E-state index contributed by atoms with van der Waals surface area (Å²) in [5, 5.41) is 5.61. The zero-order chi connectivity index (χ0) is 30.9. The normalized spacial score (nSPS) is 19.7. The molecule has 0 spiro atoms. The second-order valence-corrected chi connectivity index (χ2v) is 10.8. The first kappa shape index (κ1) is 31.7. The van der Waals surface area contributed by atoms with Crippen molar-refractivity contribution in [1.82, 2.24) is 9.80 Å². The van der Waals surface area contributed by atoms with Crippen LogP contribution in [0, 0.1) is 5.92 Å². The first-order chi connectivity index (χ1) is 20.7. The summed E-state index contributed by atoms with van der Waals surface area (Å²) in [6.07, 6.45) is -0.196. The van der Waals surface area contributed by atoms with Crippen molar-refractivity contribution in [3.05, 3.63) is 77.9 Å². The Hall–Kier alpha value is -4.28. The van der Waals surface area contributed by atoms with Gasteiger partial charge in [-0.15, -0.1) is 0 Å². The highest BCUT2D eigenvalue weighted by molar-refractivity contribution is 6.03. The molecule has 3 aromatic rings. The Morgan fingerprint density at radius 2 is 1.63 bits per heavy atom. The Balaban J connectivity index is 1.60. The molecule has 10 heteroatoms. The monoisotopic (exact) mass is 590 g/mol. The van der Waals surface area contributed by atoms with E-state index in [0.29, 0.717) is 48.1 Å². The number of urea groups is 1. The molecule has 2 N–H and O–H groups in total. The van der Waals surface area contributed by atoms with Gasteiger partial charge in [-0.25, -0.2) is 4.79 Å². The highest BCUT2D eigenvalue weighted by Crippen LogP contribution is 2.28. The summed E-state index contributed by atoms with van der Waals surface area (Å²) in [6.45, 7) is 6.39. The van der Waals surface area contributed by atoms with Gasteiger partial charge < -0.3 is 34.5 Å². The maximum absolute atomic E-state index is 13.7. The van der Waals surface area contributed by atoms with E-state index in [-0.39, 0.29) is 24.0 Å². The molecular formula is C33H42N4O6. The van der Waals surface area contributed by atoms with Crippen molar-refractivity contribution in [2.24, 2.45) is 5.92 Å². The van der Waals surface area contributed by atoms with E-state index in [4.69, 9.17) is 18.9 Å². The van der Waals surface area contributed by atoms with E-state index in [1.54, 1.807) is 62.6 Å². The molecule has 3 aromatic carbocycles. The zero-order valence-electron chi connectivity index (χ0n) is 25.8.